The van der Waals surface area contributed by atoms with Crippen molar-refractivity contribution in [1.29, 1.82) is 0 Å². The summed E-state index contributed by atoms with van der Waals surface area (Å²) in [5.74, 6) is 1.74. The molecule has 0 N–H and O–H groups in total. The van der Waals surface area contributed by atoms with Gasteiger partial charge in [0.15, 0.2) is 0 Å². The average Bonchev–Trinajstić information content (AvgIpc) is 2.71. The van der Waals surface area contributed by atoms with Crippen molar-refractivity contribution in [1.82, 2.24) is 0 Å². The largest absolute Gasteiger partial charge is 0.497 e. The molecule has 2 nitrogen and oxygen atoms in total. The van der Waals surface area contributed by atoms with Gasteiger partial charge in [0.1, 0.15) is 11.5 Å². The maximum atomic E-state index is 5.38. The SMILES string of the molecule is COc1ccc2cc3cc4cc5ccc(OC)cc5cc4c(Br)c3cc2c1. The van der Waals surface area contributed by atoms with Crippen LogP contribution in [0, 0.1) is 0 Å². The summed E-state index contributed by atoms with van der Waals surface area (Å²) < 4.78 is 11.9. The number of hydrogen-bond donors (Lipinski definition) is 0. The van der Waals surface area contributed by atoms with Crippen LogP contribution in [0.4, 0.5) is 0 Å². The highest BCUT2D eigenvalue weighted by Crippen LogP contribution is 2.38. The zero-order valence-corrected chi connectivity index (χ0v) is 16.6. The van der Waals surface area contributed by atoms with Crippen molar-refractivity contribution in [3.63, 3.8) is 0 Å². The van der Waals surface area contributed by atoms with Gasteiger partial charge in [0, 0.05) is 4.47 Å². The summed E-state index contributed by atoms with van der Waals surface area (Å²) in [6.45, 7) is 0. The maximum absolute atomic E-state index is 5.38. The molecule has 0 fully saturated rings. The Bertz CT molecular complexity index is 1250. The minimum atomic E-state index is 0.872. The molecular weight excluding hydrogens is 400 g/mol. The first-order chi connectivity index (χ1) is 13.2. The number of methoxy groups -OCH3 is 2. The molecular formula is C24H17BrO2. The minimum absolute atomic E-state index is 0.872. The molecule has 27 heavy (non-hydrogen) atoms. The molecule has 5 aromatic rings. The van der Waals surface area contributed by atoms with Crippen molar-refractivity contribution in [3.8, 4) is 11.5 Å². The average molecular weight is 417 g/mol. The quantitative estimate of drug-likeness (QED) is 0.286. The molecule has 0 bridgehead atoms. The van der Waals surface area contributed by atoms with E-state index in [4.69, 9.17) is 9.47 Å². The van der Waals surface area contributed by atoms with Gasteiger partial charge in [-0.25, -0.2) is 0 Å². The van der Waals surface area contributed by atoms with E-state index in [1.165, 1.54) is 43.1 Å². The zero-order chi connectivity index (χ0) is 18.5. The van der Waals surface area contributed by atoms with Crippen LogP contribution >= 0.6 is 15.9 Å². The molecule has 0 aliphatic heterocycles. The summed E-state index contributed by atoms with van der Waals surface area (Å²) in [4.78, 5) is 0. The highest BCUT2D eigenvalue weighted by molar-refractivity contribution is 9.10. The Kier molecular flexibility index (Phi) is 3.73. The first-order valence-electron chi connectivity index (χ1n) is 8.78. The standard InChI is InChI=1S/C24H17BrO2/c1-26-20-5-3-14-7-18-9-19-8-15-4-6-21(27-2)11-17(15)13-23(19)24(25)22(18)12-16(14)10-20/h3-13H,1-2H3. The first-order valence-corrected chi connectivity index (χ1v) is 9.57. The van der Waals surface area contributed by atoms with E-state index in [1.54, 1.807) is 14.2 Å². The summed E-state index contributed by atoms with van der Waals surface area (Å²) in [6, 6.07) is 23.6. The number of halogens is 1. The normalized spacial score (nSPS) is 11.5. The molecule has 0 heterocycles. The summed E-state index contributed by atoms with van der Waals surface area (Å²) in [7, 11) is 3.40. The van der Waals surface area contributed by atoms with E-state index < -0.39 is 0 Å². The second-order valence-corrected chi connectivity index (χ2v) is 7.56. The molecule has 0 saturated heterocycles. The molecule has 3 heteroatoms. The van der Waals surface area contributed by atoms with Crippen LogP contribution in [0.2, 0.25) is 0 Å². The molecule has 0 spiro atoms. The topological polar surface area (TPSA) is 18.5 Å². The third kappa shape index (κ3) is 2.62. The lowest BCUT2D eigenvalue weighted by Crippen LogP contribution is -1.86. The molecule has 0 aliphatic carbocycles. The van der Waals surface area contributed by atoms with E-state index in [1.807, 2.05) is 12.1 Å². The van der Waals surface area contributed by atoms with Gasteiger partial charge in [-0.3, -0.25) is 0 Å². The van der Waals surface area contributed by atoms with Crippen LogP contribution in [0.5, 0.6) is 11.5 Å². The molecule has 0 radical (unpaired) electrons. The van der Waals surface area contributed by atoms with E-state index in [9.17, 15) is 0 Å². The number of fused-ring (bicyclic) bond motifs is 4. The van der Waals surface area contributed by atoms with Crippen molar-refractivity contribution in [3.05, 3.63) is 71.2 Å². The Morgan fingerprint density at radius 2 is 0.963 bits per heavy atom. The Morgan fingerprint density at radius 3 is 1.41 bits per heavy atom. The second kappa shape index (κ2) is 6.14. The Balaban J connectivity index is 1.86. The lowest BCUT2D eigenvalue weighted by Gasteiger charge is -2.11. The van der Waals surface area contributed by atoms with Gasteiger partial charge in [0.2, 0.25) is 0 Å². The maximum Gasteiger partial charge on any atom is 0.119 e. The van der Waals surface area contributed by atoms with Gasteiger partial charge in [-0.15, -0.1) is 0 Å². The van der Waals surface area contributed by atoms with E-state index in [0.717, 1.165) is 16.0 Å². The molecule has 0 unspecified atom stereocenters. The Hall–Kier alpha value is -2.78. The van der Waals surface area contributed by atoms with E-state index in [0.29, 0.717) is 0 Å². The molecule has 0 aliphatic rings. The van der Waals surface area contributed by atoms with Crippen LogP contribution in [0.25, 0.3) is 43.1 Å². The second-order valence-electron chi connectivity index (χ2n) is 6.76. The highest BCUT2D eigenvalue weighted by Gasteiger charge is 2.09. The third-order valence-electron chi connectivity index (χ3n) is 5.22. The molecule has 5 rings (SSSR count). The summed E-state index contributed by atoms with van der Waals surface area (Å²) in [5, 5.41) is 9.60. The van der Waals surface area contributed by atoms with Crippen LogP contribution in [0.3, 0.4) is 0 Å². The monoisotopic (exact) mass is 416 g/mol. The fourth-order valence-corrected chi connectivity index (χ4v) is 4.46. The molecule has 0 amide bonds. The van der Waals surface area contributed by atoms with Gasteiger partial charge in [-0.2, -0.15) is 0 Å². The van der Waals surface area contributed by atoms with Gasteiger partial charge in [0.25, 0.3) is 0 Å². The third-order valence-corrected chi connectivity index (χ3v) is 6.07. The van der Waals surface area contributed by atoms with E-state index >= 15 is 0 Å². The molecule has 0 aromatic heterocycles. The Labute approximate surface area is 165 Å². The smallest absolute Gasteiger partial charge is 0.119 e. The number of ether oxygens (including phenoxy) is 2. The van der Waals surface area contributed by atoms with Crippen molar-refractivity contribution in [2.24, 2.45) is 0 Å². The number of benzene rings is 5. The molecule has 132 valence electrons. The Morgan fingerprint density at radius 1 is 0.519 bits per heavy atom. The van der Waals surface area contributed by atoms with Crippen molar-refractivity contribution < 1.29 is 9.47 Å². The van der Waals surface area contributed by atoms with Crippen LogP contribution in [-0.2, 0) is 0 Å². The fourth-order valence-electron chi connectivity index (χ4n) is 3.77. The van der Waals surface area contributed by atoms with E-state index in [-0.39, 0.29) is 0 Å². The van der Waals surface area contributed by atoms with Crippen LogP contribution in [0.1, 0.15) is 0 Å². The van der Waals surface area contributed by atoms with Crippen molar-refractivity contribution in [2.75, 3.05) is 14.2 Å². The van der Waals surface area contributed by atoms with Crippen LogP contribution in [0.15, 0.2) is 71.2 Å². The minimum Gasteiger partial charge on any atom is -0.497 e. The predicted octanol–water partition coefficient (Wildman–Crippen LogP) is 7.08. The predicted molar refractivity (Wildman–Crippen MR) is 117 cm³/mol. The van der Waals surface area contributed by atoms with Gasteiger partial charge in [-0.05, 0) is 114 Å². The molecule has 0 atom stereocenters. The number of rotatable bonds is 2. The lowest BCUT2D eigenvalue weighted by molar-refractivity contribution is 0.415. The first kappa shape index (κ1) is 16.4. The van der Waals surface area contributed by atoms with Crippen LogP contribution in [-0.4, -0.2) is 14.2 Å². The van der Waals surface area contributed by atoms with Gasteiger partial charge < -0.3 is 9.47 Å². The summed E-state index contributed by atoms with van der Waals surface area (Å²) >= 11 is 3.86. The van der Waals surface area contributed by atoms with Gasteiger partial charge in [0.05, 0.1) is 14.2 Å². The highest BCUT2D eigenvalue weighted by atomic mass is 79.9. The summed E-state index contributed by atoms with van der Waals surface area (Å²) in [6.07, 6.45) is 0. The van der Waals surface area contributed by atoms with E-state index in [2.05, 4.69) is 70.5 Å². The zero-order valence-electron chi connectivity index (χ0n) is 15.0. The number of hydrogen-bond acceptors (Lipinski definition) is 2. The molecule has 5 aromatic carbocycles. The van der Waals surface area contributed by atoms with Crippen molar-refractivity contribution in [2.45, 2.75) is 0 Å². The van der Waals surface area contributed by atoms with Gasteiger partial charge >= 0.3 is 0 Å². The summed E-state index contributed by atoms with van der Waals surface area (Å²) in [5.41, 5.74) is 0. The van der Waals surface area contributed by atoms with Gasteiger partial charge in [-0.1, -0.05) is 12.1 Å². The fraction of sp³-hybridized carbons (Fsp3) is 0.0833. The van der Waals surface area contributed by atoms with Crippen molar-refractivity contribution >= 4 is 59.0 Å². The molecule has 0 saturated carbocycles. The van der Waals surface area contributed by atoms with Crippen LogP contribution < -0.4 is 9.47 Å². The lowest BCUT2D eigenvalue weighted by atomic mass is 9.97.